The van der Waals surface area contributed by atoms with Crippen molar-refractivity contribution < 1.29 is 5.11 Å². The standard InChI is InChI=1S/C8H15NO/c1-9-4-6-2-7(3-6)8(9)5-10/h6-8,10H,2-5H2,1H3. The van der Waals surface area contributed by atoms with Crippen molar-refractivity contribution in [3.8, 4) is 0 Å². The zero-order valence-corrected chi connectivity index (χ0v) is 6.45. The van der Waals surface area contributed by atoms with Crippen LogP contribution in [0.5, 0.6) is 0 Å². The van der Waals surface area contributed by atoms with Crippen LogP contribution < -0.4 is 0 Å². The number of aliphatic hydroxyl groups excluding tert-OH is 1. The Bertz CT molecular complexity index is 129. The molecule has 2 saturated heterocycles. The van der Waals surface area contributed by atoms with E-state index in [1.165, 1.54) is 19.4 Å². The van der Waals surface area contributed by atoms with E-state index < -0.39 is 0 Å². The van der Waals surface area contributed by atoms with Gasteiger partial charge < -0.3 is 10.0 Å². The summed E-state index contributed by atoms with van der Waals surface area (Å²) >= 11 is 0. The summed E-state index contributed by atoms with van der Waals surface area (Å²) in [5.41, 5.74) is 0. The van der Waals surface area contributed by atoms with Gasteiger partial charge in [-0.2, -0.15) is 0 Å². The first kappa shape index (κ1) is 6.62. The molecule has 58 valence electrons. The number of likely N-dealkylation sites (N-methyl/N-ethyl adjacent to an activating group) is 1. The summed E-state index contributed by atoms with van der Waals surface area (Å²) in [6.45, 7) is 1.57. The highest BCUT2D eigenvalue weighted by Gasteiger charge is 2.42. The van der Waals surface area contributed by atoms with E-state index >= 15 is 0 Å². The molecule has 2 aliphatic heterocycles. The molecular weight excluding hydrogens is 126 g/mol. The van der Waals surface area contributed by atoms with Crippen LogP contribution in [0.1, 0.15) is 12.8 Å². The van der Waals surface area contributed by atoms with Gasteiger partial charge >= 0.3 is 0 Å². The van der Waals surface area contributed by atoms with Gasteiger partial charge in [0, 0.05) is 12.6 Å². The van der Waals surface area contributed by atoms with Crippen LogP contribution >= 0.6 is 0 Å². The molecular formula is C8H15NO. The molecule has 2 heterocycles. The number of aliphatic hydroxyl groups is 1. The molecule has 0 aromatic heterocycles. The lowest BCUT2D eigenvalue weighted by Gasteiger charge is -2.51. The van der Waals surface area contributed by atoms with Crippen molar-refractivity contribution in [1.82, 2.24) is 4.90 Å². The first-order valence-corrected chi connectivity index (χ1v) is 4.12. The van der Waals surface area contributed by atoms with Crippen LogP contribution in [0.3, 0.4) is 0 Å². The molecule has 2 nitrogen and oxygen atoms in total. The average Bonchev–Trinajstić information content (AvgIpc) is 1.85. The second-order valence-corrected chi connectivity index (χ2v) is 3.79. The molecule has 3 rings (SSSR count). The maximum absolute atomic E-state index is 9.01. The van der Waals surface area contributed by atoms with Gasteiger partial charge in [0.25, 0.3) is 0 Å². The zero-order valence-electron chi connectivity index (χ0n) is 6.45. The minimum atomic E-state index is 0.355. The third-order valence-corrected chi connectivity index (χ3v) is 3.12. The molecule has 3 aliphatic rings. The summed E-state index contributed by atoms with van der Waals surface area (Å²) in [7, 11) is 2.12. The highest BCUT2D eigenvalue weighted by molar-refractivity contribution is 4.95. The van der Waals surface area contributed by atoms with Crippen molar-refractivity contribution in [2.45, 2.75) is 18.9 Å². The summed E-state index contributed by atoms with van der Waals surface area (Å²) in [5, 5.41) is 9.01. The van der Waals surface area contributed by atoms with Gasteiger partial charge in [-0.05, 0) is 31.7 Å². The van der Waals surface area contributed by atoms with Crippen LogP contribution in [0.2, 0.25) is 0 Å². The van der Waals surface area contributed by atoms with Crippen molar-refractivity contribution in [3.63, 3.8) is 0 Å². The van der Waals surface area contributed by atoms with Crippen LogP contribution in [0.25, 0.3) is 0 Å². The van der Waals surface area contributed by atoms with Gasteiger partial charge in [-0.15, -0.1) is 0 Å². The molecule has 0 aromatic rings. The smallest absolute Gasteiger partial charge is 0.0589 e. The molecule has 0 radical (unpaired) electrons. The maximum atomic E-state index is 9.01. The van der Waals surface area contributed by atoms with E-state index in [2.05, 4.69) is 11.9 Å². The SMILES string of the molecule is CN1CC2CC(C2)C1CO. The highest BCUT2D eigenvalue weighted by atomic mass is 16.3. The number of hydrogen-bond acceptors (Lipinski definition) is 2. The van der Waals surface area contributed by atoms with Crippen LogP contribution in [0, 0.1) is 11.8 Å². The second kappa shape index (κ2) is 2.21. The predicted octanol–water partition coefficient (Wildman–Crippen LogP) is 0.319. The van der Waals surface area contributed by atoms with Gasteiger partial charge in [0.15, 0.2) is 0 Å². The number of rotatable bonds is 1. The Morgan fingerprint density at radius 3 is 2.60 bits per heavy atom. The van der Waals surface area contributed by atoms with E-state index in [1.54, 1.807) is 0 Å². The Morgan fingerprint density at radius 1 is 1.50 bits per heavy atom. The van der Waals surface area contributed by atoms with Crippen molar-refractivity contribution in [2.75, 3.05) is 20.2 Å². The summed E-state index contributed by atoms with van der Waals surface area (Å²) in [4.78, 5) is 2.31. The molecule has 1 N–H and O–H groups in total. The number of hydrogen-bond donors (Lipinski definition) is 1. The molecule has 0 aromatic carbocycles. The van der Waals surface area contributed by atoms with Crippen molar-refractivity contribution in [3.05, 3.63) is 0 Å². The van der Waals surface area contributed by atoms with Crippen LogP contribution in [0.4, 0.5) is 0 Å². The second-order valence-electron chi connectivity index (χ2n) is 3.79. The normalized spacial score (nSPS) is 46.8. The molecule has 2 heteroatoms. The van der Waals surface area contributed by atoms with Gasteiger partial charge in [-0.1, -0.05) is 0 Å². The average molecular weight is 141 g/mol. The molecule has 1 atom stereocenters. The van der Waals surface area contributed by atoms with E-state index in [1.807, 2.05) is 0 Å². The number of fused-ring (bicyclic) bond motifs is 2. The predicted molar refractivity (Wildman–Crippen MR) is 39.7 cm³/mol. The summed E-state index contributed by atoms with van der Waals surface area (Å²) in [5.74, 6) is 1.77. The first-order chi connectivity index (χ1) is 4.81. The fraction of sp³-hybridized carbons (Fsp3) is 1.00. The van der Waals surface area contributed by atoms with E-state index in [9.17, 15) is 0 Å². The summed E-state index contributed by atoms with van der Waals surface area (Å²) in [6, 6.07) is 0.477. The monoisotopic (exact) mass is 141 g/mol. The lowest BCUT2D eigenvalue weighted by molar-refractivity contribution is -0.0382. The van der Waals surface area contributed by atoms with Crippen molar-refractivity contribution in [1.29, 1.82) is 0 Å². The fourth-order valence-electron chi connectivity index (χ4n) is 2.44. The molecule has 0 amide bonds. The molecule has 1 aliphatic carbocycles. The first-order valence-electron chi connectivity index (χ1n) is 4.12. The van der Waals surface area contributed by atoms with Gasteiger partial charge in [0.2, 0.25) is 0 Å². The molecule has 1 unspecified atom stereocenters. The third-order valence-electron chi connectivity index (χ3n) is 3.12. The molecule has 2 bridgehead atoms. The molecule has 0 spiro atoms. The highest BCUT2D eigenvalue weighted by Crippen LogP contribution is 2.42. The minimum Gasteiger partial charge on any atom is -0.395 e. The number of nitrogens with zero attached hydrogens (tertiary/aromatic N) is 1. The van der Waals surface area contributed by atoms with E-state index in [0.717, 1.165) is 11.8 Å². The Balaban J connectivity index is 2.01. The lowest BCUT2D eigenvalue weighted by Crippen LogP contribution is -2.55. The van der Waals surface area contributed by atoms with E-state index in [-0.39, 0.29) is 0 Å². The van der Waals surface area contributed by atoms with Gasteiger partial charge in [-0.3, -0.25) is 0 Å². The van der Waals surface area contributed by atoms with Crippen LogP contribution in [-0.4, -0.2) is 36.2 Å². The molecule has 3 fully saturated rings. The summed E-state index contributed by atoms with van der Waals surface area (Å²) < 4.78 is 0. The Hall–Kier alpha value is -0.0800. The van der Waals surface area contributed by atoms with Crippen molar-refractivity contribution in [2.24, 2.45) is 11.8 Å². The maximum Gasteiger partial charge on any atom is 0.0589 e. The summed E-state index contributed by atoms with van der Waals surface area (Å²) in [6.07, 6.45) is 2.74. The van der Waals surface area contributed by atoms with E-state index in [0.29, 0.717) is 12.6 Å². The lowest BCUT2D eigenvalue weighted by atomic mass is 9.67. The molecule has 1 saturated carbocycles. The Labute approximate surface area is 61.8 Å². The van der Waals surface area contributed by atoms with Crippen molar-refractivity contribution >= 4 is 0 Å². The van der Waals surface area contributed by atoms with Crippen LogP contribution in [-0.2, 0) is 0 Å². The van der Waals surface area contributed by atoms with Crippen LogP contribution in [0.15, 0.2) is 0 Å². The Morgan fingerprint density at radius 2 is 2.20 bits per heavy atom. The fourth-order valence-corrected chi connectivity index (χ4v) is 2.44. The molecule has 10 heavy (non-hydrogen) atoms. The van der Waals surface area contributed by atoms with Gasteiger partial charge in [0.1, 0.15) is 0 Å². The largest absolute Gasteiger partial charge is 0.395 e. The number of piperidine rings is 2. The quantitative estimate of drug-likeness (QED) is 0.568. The minimum absolute atomic E-state index is 0.355. The van der Waals surface area contributed by atoms with E-state index in [4.69, 9.17) is 5.11 Å². The third kappa shape index (κ3) is 0.789. The van der Waals surface area contributed by atoms with Gasteiger partial charge in [0.05, 0.1) is 6.61 Å². The zero-order chi connectivity index (χ0) is 7.14. The topological polar surface area (TPSA) is 23.5 Å². The Kier molecular flexibility index (Phi) is 1.46. The van der Waals surface area contributed by atoms with Gasteiger partial charge in [-0.25, -0.2) is 0 Å².